The second kappa shape index (κ2) is 13.2. The highest BCUT2D eigenvalue weighted by Crippen LogP contribution is 2.31. The second-order valence-corrected chi connectivity index (χ2v) is 11.0. The normalized spacial score (nSPS) is 46.0. The molecule has 0 aromatic carbocycles. The number of aliphatic hydroxyl groups excluding tert-OH is 2. The predicted molar refractivity (Wildman–Crippen MR) is 129 cm³/mol. The standard InChI is InChI=1S/C20H41N5O7.H2O4S/c1-8(21)12-5-4-9(22)18(30-12)31-15-10(23)6-11(24)16(13(15)26)32-19-14(27)17(25-3)20(2,28)7-29-19;1-5(2,3)4/h8-19,25-28H,4-7,21-24H2,1-3H3;(H2,1,2,3,4)/t8-,9-,10+,11-,12+,13+,14-,15-,16+,17-,18-,19-,20+;/m1./s1. The molecule has 0 unspecified atom stereocenters. The largest absolute Gasteiger partial charge is 0.394 e. The first kappa shape index (κ1) is 32.6. The van der Waals surface area contributed by atoms with Gasteiger partial charge in [0.25, 0.3) is 0 Å². The van der Waals surface area contributed by atoms with E-state index in [-0.39, 0.29) is 24.8 Å². The quantitative estimate of drug-likeness (QED) is 0.137. The van der Waals surface area contributed by atoms with E-state index in [2.05, 4.69) is 5.32 Å². The monoisotopic (exact) mass is 561 g/mol. The topological polar surface area (TPSA) is 288 Å². The Kier molecular flexibility index (Phi) is 11.6. The number of aliphatic hydroxyl groups is 3. The average Bonchev–Trinajstić information content (AvgIpc) is 2.75. The zero-order chi connectivity index (χ0) is 28.3. The molecule has 0 aromatic heterocycles. The first-order valence-corrected chi connectivity index (χ1v) is 13.4. The van der Waals surface area contributed by atoms with Crippen molar-refractivity contribution in [1.29, 1.82) is 0 Å². The van der Waals surface area contributed by atoms with Gasteiger partial charge in [0.2, 0.25) is 0 Å². The Balaban J connectivity index is 0.000000877. The Morgan fingerprint density at radius 3 is 2.00 bits per heavy atom. The highest BCUT2D eigenvalue weighted by atomic mass is 32.3. The van der Waals surface area contributed by atoms with Crippen molar-refractivity contribution in [3.05, 3.63) is 0 Å². The molecule has 3 rings (SSSR count). The van der Waals surface area contributed by atoms with Gasteiger partial charge in [0.1, 0.15) is 30.0 Å². The molecule has 0 radical (unpaired) electrons. The number of hydrogen-bond acceptors (Lipinski definition) is 14. The third-order valence-electron chi connectivity index (χ3n) is 6.81. The number of nitrogens with two attached hydrogens (primary N) is 4. The van der Waals surface area contributed by atoms with E-state index in [4.69, 9.17) is 59.4 Å². The molecular weight excluding hydrogens is 518 g/mol. The predicted octanol–water partition coefficient (Wildman–Crippen LogP) is -4.24. The molecule has 3 aliphatic rings. The van der Waals surface area contributed by atoms with Crippen molar-refractivity contribution < 1.29 is 51.8 Å². The minimum atomic E-state index is -4.67. The Labute approximate surface area is 216 Å². The molecule has 0 spiro atoms. The lowest BCUT2D eigenvalue weighted by Crippen LogP contribution is -2.68. The molecule has 220 valence electrons. The molecule has 37 heavy (non-hydrogen) atoms. The lowest BCUT2D eigenvalue weighted by Gasteiger charge is -2.48. The average molecular weight is 562 g/mol. The third kappa shape index (κ3) is 8.95. The highest BCUT2D eigenvalue weighted by molar-refractivity contribution is 7.79. The van der Waals surface area contributed by atoms with Gasteiger partial charge in [-0.15, -0.1) is 0 Å². The van der Waals surface area contributed by atoms with Crippen LogP contribution in [0.4, 0.5) is 0 Å². The lowest BCUT2D eigenvalue weighted by molar-refractivity contribution is -0.307. The van der Waals surface area contributed by atoms with E-state index in [0.29, 0.717) is 12.8 Å². The minimum Gasteiger partial charge on any atom is -0.388 e. The zero-order valence-corrected chi connectivity index (χ0v) is 22.0. The van der Waals surface area contributed by atoms with E-state index >= 15 is 0 Å². The summed E-state index contributed by atoms with van der Waals surface area (Å²) in [5.41, 5.74) is 23.3. The molecule has 0 bridgehead atoms. The molecule has 2 heterocycles. The third-order valence-corrected chi connectivity index (χ3v) is 6.81. The van der Waals surface area contributed by atoms with Crippen molar-refractivity contribution in [3.63, 3.8) is 0 Å². The molecule has 0 aromatic rings. The van der Waals surface area contributed by atoms with E-state index in [1.165, 1.54) is 0 Å². The number of nitrogens with one attached hydrogen (secondary N) is 1. The minimum absolute atomic E-state index is 0.0683. The van der Waals surface area contributed by atoms with Gasteiger partial charge in [-0.2, -0.15) is 8.42 Å². The summed E-state index contributed by atoms with van der Waals surface area (Å²) in [5.74, 6) is 0. The number of likely N-dealkylation sites (N-methyl/N-ethyl adjacent to an activating group) is 1. The van der Waals surface area contributed by atoms with Crippen molar-refractivity contribution in [2.24, 2.45) is 22.9 Å². The van der Waals surface area contributed by atoms with Crippen molar-refractivity contribution in [2.45, 2.75) is 112 Å². The van der Waals surface area contributed by atoms with Gasteiger partial charge in [0.15, 0.2) is 12.6 Å². The van der Waals surface area contributed by atoms with Crippen LogP contribution in [0.25, 0.3) is 0 Å². The fourth-order valence-corrected chi connectivity index (χ4v) is 4.87. The van der Waals surface area contributed by atoms with E-state index in [1.54, 1.807) is 14.0 Å². The molecule has 13 atom stereocenters. The number of ether oxygens (including phenoxy) is 4. The van der Waals surface area contributed by atoms with Gasteiger partial charge in [-0.25, -0.2) is 0 Å². The van der Waals surface area contributed by atoms with Crippen LogP contribution >= 0.6 is 0 Å². The van der Waals surface area contributed by atoms with Crippen LogP contribution in [-0.2, 0) is 29.3 Å². The number of rotatable bonds is 6. The van der Waals surface area contributed by atoms with Gasteiger partial charge in [-0.1, -0.05) is 0 Å². The SMILES string of the molecule is CN[C@@H]1[C@@H](O)[C@@H](O[C@@H]2[C@@H](O)[C@H](O[C@H]3O[C@H]([C@@H](C)N)CC[C@H]3N)[C@@H](N)C[C@H]2N)OC[C@]1(C)O.O=S(=O)(O)O. The maximum atomic E-state index is 11.1. The van der Waals surface area contributed by atoms with Gasteiger partial charge in [0.05, 0.1) is 24.8 Å². The van der Waals surface area contributed by atoms with Crippen molar-refractivity contribution >= 4 is 10.4 Å². The van der Waals surface area contributed by atoms with Gasteiger partial charge in [-0.05, 0) is 40.2 Å². The van der Waals surface area contributed by atoms with Gasteiger partial charge < -0.3 is 62.5 Å². The molecule has 3 fully saturated rings. The van der Waals surface area contributed by atoms with Crippen LogP contribution in [0, 0.1) is 0 Å². The van der Waals surface area contributed by atoms with Crippen LogP contribution in [0.5, 0.6) is 0 Å². The summed E-state index contributed by atoms with van der Waals surface area (Å²) >= 11 is 0. The van der Waals surface area contributed by atoms with Crippen LogP contribution in [0.2, 0.25) is 0 Å². The molecular formula is C20H43N5O11S. The van der Waals surface area contributed by atoms with Crippen LogP contribution in [0.15, 0.2) is 0 Å². The Bertz CT molecular complexity index is 815. The van der Waals surface area contributed by atoms with Gasteiger partial charge in [0, 0.05) is 18.1 Å². The molecule has 17 heteroatoms. The summed E-state index contributed by atoms with van der Waals surface area (Å²) < 4.78 is 55.0. The van der Waals surface area contributed by atoms with Crippen molar-refractivity contribution in [1.82, 2.24) is 5.32 Å². The summed E-state index contributed by atoms with van der Waals surface area (Å²) in [7, 11) is -3.04. The maximum absolute atomic E-state index is 11.1. The fourth-order valence-electron chi connectivity index (χ4n) is 4.87. The zero-order valence-electron chi connectivity index (χ0n) is 21.2. The van der Waals surface area contributed by atoms with Crippen LogP contribution in [0.1, 0.15) is 33.1 Å². The summed E-state index contributed by atoms with van der Waals surface area (Å²) in [6.45, 7) is 3.34. The maximum Gasteiger partial charge on any atom is 0.394 e. The first-order valence-electron chi connectivity index (χ1n) is 12.0. The lowest BCUT2D eigenvalue weighted by atomic mass is 9.84. The van der Waals surface area contributed by atoms with Crippen molar-refractivity contribution in [3.8, 4) is 0 Å². The van der Waals surface area contributed by atoms with E-state index in [1.807, 2.05) is 6.92 Å². The Morgan fingerprint density at radius 2 is 1.51 bits per heavy atom. The van der Waals surface area contributed by atoms with Crippen LogP contribution in [0.3, 0.4) is 0 Å². The molecule has 2 aliphatic heterocycles. The van der Waals surface area contributed by atoms with Crippen LogP contribution < -0.4 is 28.3 Å². The van der Waals surface area contributed by atoms with Crippen molar-refractivity contribution in [2.75, 3.05) is 13.7 Å². The Hall–Kier alpha value is -0.610. The second-order valence-electron chi connectivity index (χ2n) is 10.1. The van der Waals surface area contributed by atoms with E-state index < -0.39 is 71.1 Å². The molecule has 1 saturated carbocycles. The summed E-state index contributed by atoms with van der Waals surface area (Å²) in [4.78, 5) is 0. The molecule has 1 aliphatic carbocycles. The van der Waals surface area contributed by atoms with E-state index in [0.717, 1.165) is 6.42 Å². The summed E-state index contributed by atoms with van der Waals surface area (Å²) in [6.07, 6.45) is -4.58. The number of hydrogen-bond donors (Lipinski definition) is 10. The summed E-state index contributed by atoms with van der Waals surface area (Å²) in [5, 5.41) is 35.0. The first-order chi connectivity index (χ1) is 17.0. The fraction of sp³-hybridized carbons (Fsp3) is 1.00. The molecule has 14 N–H and O–H groups in total. The smallest absolute Gasteiger partial charge is 0.388 e. The molecule has 16 nitrogen and oxygen atoms in total. The molecule has 0 amide bonds. The summed E-state index contributed by atoms with van der Waals surface area (Å²) in [6, 6.07) is -2.47. The van der Waals surface area contributed by atoms with E-state index in [9.17, 15) is 15.3 Å². The van der Waals surface area contributed by atoms with Gasteiger partial charge in [-0.3, -0.25) is 9.11 Å². The Morgan fingerprint density at radius 1 is 1.00 bits per heavy atom. The molecule has 2 saturated heterocycles. The van der Waals surface area contributed by atoms with Gasteiger partial charge >= 0.3 is 10.4 Å². The highest BCUT2D eigenvalue weighted by Gasteiger charge is 2.50. The van der Waals surface area contributed by atoms with Crippen LogP contribution in [-0.4, -0.2) is 125 Å².